The topological polar surface area (TPSA) is 96.0 Å². The van der Waals surface area contributed by atoms with E-state index in [9.17, 15) is 18.0 Å². The van der Waals surface area contributed by atoms with E-state index in [1.807, 2.05) is 20.8 Å². The predicted octanol–water partition coefficient (Wildman–Crippen LogP) is 5.49. The molecule has 0 fully saturated rings. The van der Waals surface area contributed by atoms with E-state index in [1.165, 1.54) is 17.0 Å². The van der Waals surface area contributed by atoms with Gasteiger partial charge in [0.05, 0.1) is 17.7 Å². The molecule has 0 saturated carbocycles. The summed E-state index contributed by atoms with van der Waals surface area (Å²) in [6, 6.07) is 17.5. The normalized spacial score (nSPS) is 12.8. The van der Waals surface area contributed by atoms with Crippen LogP contribution >= 0.6 is 11.6 Å². The van der Waals surface area contributed by atoms with Gasteiger partial charge in [0, 0.05) is 17.6 Å². The monoisotopic (exact) mass is 599 g/mol. The Labute approximate surface area is 248 Å². The van der Waals surface area contributed by atoms with Crippen molar-refractivity contribution in [3.8, 4) is 5.75 Å². The first-order valence-electron chi connectivity index (χ1n) is 13.5. The van der Waals surface area contributed by atoms with Crippen LogP contribution in [0.3, 0.4) is 0 Å². The van der Waals surface area contributed by atoms with Crippen molar-refractivity contribution >= 4 is 39.1 Å². The van der Waals surface area contributed by atoms with E-state index >= 15 is 0 Å². The van der Waals surface area contributed by atoms with E-state index in [1.54, 1.807) is 75.6 Å². The summed E-state index contributed by atoms with van der Waals surface area (Å²) in [7, 11) is -2.62. The molecule has 3 rings (SSSR count). The lowest BCUT2D eigenvalue weighted by atomic mass is 10.1. The van der Waals surface area contributed by atoms with E-state index in [4.69, 9.17) is 16.3 Å². The highest BCUT2D eigenvalue weighted by Crippen LogP contribution is 2.31. The van der Waals surface area contributed by atoms with Gasteiger partial charge in [-0.25, -0.2) is 8.42 Å². The molecule has 1 N–H and O–H groups in total. The summed E-state index contributed by atoms with van der Waals surface area (Å²) in [5.74, 6) is -0.211. The van der Waals surface area contributed by atoms with Crippen molar-refractivity contribution in [2.24, 2.45) is 0 Å². The Balaban J connectivity index is 2.06. The fourth-order valence-electron chi connectivity index (χ4n) is 4.19. The second-order valence-electron chi connectivity index (χ2n) is 10.1. The smallest absolute Gasteiger partial charge is 0.264 e. The first-order valence-corrected chi connectivity index (χ1v) is 15.3. The lowest BCUT2D eigenvalue weighted by Crippen LogP contribution is -2.52. The first-order chi connectivity index (χ1) is 19.4. The predicted molar refractivity (Wildman–Crippen MR) is 163 cm³/mol. The summed E-state index contributed by atoms with van der Waals surface area (Å²) in [6.45, 7) is 8.61. The van der Waals surface area contributed by atoms with Gasteiger partial charge >= 0.3 is 0 Å². The molecule has 2 amide bonds. The zero-order valence-corrected chi connectivity index (χ0v) is 25.9. The molecule has 220 valence electrons. The van der Waals surface area contributed by atoms with Crippen LogP contribution in [0.4, 0.5) is 5.69 Å². The molecule has 3 aromatic carbocycles. The van der Waals surface area contributed by atoms with E-state index in [0.717, 1.165) is 21.9 Å². The SMILES string of the molecule is CC[C@@H](C)NC(=O)[C@H](C)N(Cc1ccc(OC)cc1)C(=O)CN(c1cccc(Cl)c1C)S(=O)(=O)c1ccc(C)cc1. The number of nitrogens with zero attached hydrogens (tertiary/aromatic N) is 2. The zero-order valence-electron chi connectivity index (χ0n) is 24.3. The Morgan fingerprint density at radius 2 is 1.61 bits per heavy atom. The summed E-state index contributed by atoms with van der Waals surface area (Å²) in [5, 5.41) is 3.30. The molecule has 0 bridgehead atoms. The Kier molecular flexibility index (Phi) is 10.8. The van der Waals surface area contributed by atoms with Crippen molar-refractivity contribution in [1.82, 2.24) is 10.2 Å². The van der Waals surface area contributed by atoms with Gasteiger partial charge < -0.3 is 15.0 Å². The summed E-state index contributed by atoms with van der Waals surface area (Å²) >= 11 is 6.38. The molecule has 0 heterocycles. The van der Waals surface area contributed by atoms with Crippen LogP contribution in [0, 0.1) is 13.8 Å². The average Bonchev–Trinajstić information content (AvgIpc) is 2.96. The average molecular weight is 600 g/mol. The lowest BCUT2D eigenvalue weighted by Gasteiger charge is -2.33. The molecule has 0 aliphatic heterocycles. The molecule has 0 saturated heterocycles. The molecule has 41 heavy (non-hydrogen) atoms. The van der Waals surface area contributed by atoms with Gasteiger partial charge in [0.1, 0.15) is 18.3 Å². The van der Waals surface area contributed by atoms with E-state index in [0.29, 0.717) is 16.3 Å². The fourth-order valence-corrected chi connectivity index (χ4v) is 5.83. The molecule has 0 spiro atoms. The summed E-state index contributed by atoms with van der Waals surface area (Å²) in [4.78, 5) is 28.7. The number of ether oxygens (including phenoxy) is 1. The molecule has 0 unspecified atom stereocenters. The number of carbonyl (C=O) groups is 2. The number of aryl methyl sites for hydroxylation is 1. The summed E-state index contributed by atoms with van der Waals surface area (Å²) < 4.78 is 34.3. The number of hydrogen-bond donors (Lipinski definition) is 1. The van der Waals surface area contributed by atoms with Crippen molar-refractivity contribution in [2.75, 3.05) is 18.0 Å². The Bertz CT molecular complexity index is 1460. The quantitative estimate of drug-likeness (QED) is 0.297. The van der Waals surface area contributed by atoms with E-state index in [-0.39, 0.29) is 29.1 Å². The van der Waals surface area contributed by atoms with Crippen LogP contribution in [0.15, 0.2) is 71.6 Å². The Morgan fingerprint density at radius 3 is 2.20 bits per heavy atom. The van der Waals surface area contributed by atoms with Crippen molar-refractivity contribution in [2.45, 2.75) is 64.6 Å². The van der Waals surface area contributed by atoms with Gasteiger partial charge in [-0.1, -0.05) is 54.4 Å². The summed E-state index contributed by atoms with van der Waals surface area (Å²) in [6.07, 6.45) is 0.724. The van der Waals surface area contributed by atoms with Gasteiger partial charge in [-0.3, -0.25) is 13.9 Å². The highest BCUT2D eigenvalue weighted by Gasteiger charge is 2.33. The number of hydrogen-bond acceptors (Lipinski definition) is 5. The van der Waals surface area contributed by atoms with E-state index in [2.05, 4.69) is 5.32 Å². The molecule has 0 aromatic heterocycles. The van der Waals surface area contributed by atoms with Gasteiger partial charge in [-0.2, -0.15) is 0 Å². The number of amides is 2. The van der Waals surface area contributed by atoms with Crippen LogP contribution in [0.1, 0.15) is 43.9 Å². The molecular formula is C31H38ClN3O5S. The van der Waals surface area contributed by atoms with E-state index < -0.39 is 28.5 Å². The van der Waals surface area contributed by atoms with Gasteiger partial charge in [0.25, 0.3) is 10.0 Å². The number of halogens is 1. The summed E-state index contributed by atoms with van der Waals surface area (Å²) in [5.41, 5.74) is 2.46. The lowest BCUT2D eigenvalue weighted by molar-refractivity contribution is -0.139. The number of benzene rings is 3. The maximum atomic E-state index is 14.1. The number of sulfonamides is 1. The molecule has 0 radical (unpaired) electrons. The van der Waals surface area contributed by atoms with Crippen molar-refractivity contribution in [1.29, 1.82) is 0 Å². The molecule has 0 aliphatic rings. The maximum Gasteiger partial charge on any atom is 0.264 e. The number of anilines is 1. The van der Waals surface area contributed by atoms with Crippen LogP contribution in [0.5, 0.6) is 5.75 Å². The van der Waals surface area contributed by atoms with Crippen LogP contribution < -0.4 is 14.4 Å². The third-order valence-corrected chi connectivity index (χ3v) is 9.26. The van der Waals surface area contributed by atoms with Gasteiger partial charge in [0.15, 0.2) is 0 Å². The molecule has 3 aromatic rings. The number of nitrogens with one attached hydrogen (secondary N) is 1. The van der Waals surface area contributed by atoms with Crippen LogP contribution in [-0.4, -0.2) is 50.9 Å². The highest BCUT2D eigenvalue weighted by molar-refractivity contribution is 7.92. The molecule has 8 nitrogen and oxygen atoms in total. The molecule has 2 atom stereocenters. The van der Waals surface area contributed by atoms with Gasteiger partial charge in [-0.05, 0) is 81.6 Å². The minimum atomic E-state index is -4.18. The third-order valence-electron chi connectivity index (χ3n) is 7.08. The Hall–Kier alpha value is -3.56. The first kappa shape index (κ1) is 32.0. The van der Waals surface area contributed by atoms with Crippen molar-refractivity contribution < 1.29 is 22.7 Å². The van der Waals surface area contributed by atoms with Gasteiger partial charge in [0.2, 0.25) is 11.8 Å². The standard InChI is InChI=1S/C31H38ClN3O5S/c1-7-22(3)33-31(37)24(5)34(19-25-13-15-26(40-6)16-14-25)30(36)20-35(29-10-8-9-28(32)23(29)4)41(38,39)27-17-11-21(2)12-18-27/h8-18,22,24H,7,19-20H2,1-6H3,(H,33,37)/t22-,24+/m1/s1. The molecule has 0 aliphatic carbocycles. The minimum Gasteiger partial charge on any atom is -0.497 e. The third kappa shape index (κ3) is 7.80. The fraction of sp³-hybridized carbons (Fsp3) is 0.355. The minimum absolute atomic E-state index is 0.0412. The second-order valence-corrected chi connectivity index (χ2v) is 12.3. The van der Waals surface area contributed by atoms with Crippen molar-refractivity contribution in [3.05, 3.63) is 88.4 Å². The Morgan fingerprint density at radius 1 is 0.976 bits per heavy atom. The largest absolute Gasteiger partial charge is 0.497 e. The highest BCUT2D eigenvalue weighted by atomic mass is 35.5. The van der Waals surface area contributed by atoms with Crippen molar-refractivity contribution in [3.63, 3.8) is 0 Å². The van der Waals surface area contributed by atoms with Crippen LogP contribution in [0.25, 0.3) is 0 Å². The van der Waals surface area contributed by atoms with Gasteiger partial charge in [-0.15, -0.1) is 0 Å². The number of methoxy groups -OCH3 is 1. The molecular weight excluding hydrogens is 562 g/mol. The second kappa shape index (κ2) is 13.9. The van der Waals surface area contributed by atoms with Crippen LogP contribution in [-0.2, 0) is 26.2 Å². The zero-order chi connectivity index (χ0) is 30.3. The maximum absolute atomic E-state index is 14.1. The number of rotatable bonds is 12. The molecule has 10 heteroatoms. The van der Waals surface area contributed by atoms with Crippen LogP contribution in [0.2, 0.25) is 5.02 Å². The number of carbonyl (C=O) groups excluding carboxylic acids is 2.